The van der Waals surface area contributed by atoms with Crippen LogP contribution >= 0.6 is 0 Å². The smallest absolute Gasteiger partial charge is 0.264 e. The van der Waals surface area contributed by atoms with E-state index in [-0.39, 0.29) is 10.8 Å². The molecule has 0 saturated heterocycles. The minimum absolute atomic E-state index is 0.0300. The van der Waals surface area contributed by atoms with Gasteiger partial charge in [-0.15, -0.1) is 5.11 Å². The Labute approximate surface area is 220 Å². The predicted molar refractivity (Wildman–Crippen MR) is 147 cm³/mol. The van der Waals surface area contributed by atoms with Crippen LogP contribution in [0.2, 0.25) is 0 Å². The maximum absolute atomic E-state index is 12.0. The lowest BCUT2D eigenvalue weighted by Crippen LogP contribution is -2.14. The molecular weight excluding hydrogens is 508 g/mol. The van der Waals surface area contributed by atoms with Gasteiger partial charge in [0.1, 0.15) is 11.4 Å². The molecule has 0 saturated carbocycles. The number of azo groups is 1. The molecule has 0 bridgehead atoms. The molecule has 12 nitrogen and oxygen atoms in total. The highest BCUT2D eigenvalue weighted by Crippen LogP contribution is 2.27. The average Bonchev–Trinajstić information content (AvgIpc) is 2.90. The van der Waals surface area contributed by atoms with Crippen molar-refractivity contribution in [3.63, 3.8) is 0 Å². The topological polar surface area (TPSA) is 193 Å². The summed E-state index contributed by atoms with van der Waals surface area (Å²) in [6, 6.07) is 18.3. The Balaban J connectivity index is 0.000000211. The maximum atomic E-state index is 12.0. The number of benzene rings is 3. The van der Waals surface area contributed by atoms with Gasteiger partial charge in [0, 0.05) is 11.4 Å². The zero-order chi connectivity index (χ0) is 27.5. The minimum atomic E-state index is -3.72. The number of nitrogen functional groups attached to an aromatic ring is 3. The van der Waals surface area contributed by atoms with Gasteiger partial charge in [0.2, 0.25) is 5.95 Å². The number of aromatic nitrogens is 2. The Morgan fingerprint density at radius 2 is 1.47 bits per heavy atom. The van der Waals surface area contributed by atoms with Gasteiger partial charge < -0.3 is 26.7 Å². The standard InChI is InChI=1S/C14H16N4O.C11H12N4O3S/c1-2-19-12-6-4-11(5-7-12)17-18-14-8-3-10(15)9-13(14)16;1-18-9-6-13-11(14-7-9)15-19(16,17)10-4-2-8(12)3-5-10/h3-9H,2,15-16H2,1H3;2-7H,12H2,1H3,(H,13,14,15). The molecule has 13 heteroatoms. The summed E-state index contributed by atoms with van der Waals surface area (Å²) < 4.78 is 36.5. The van der Waals surface area contributed by atoms with Gasteiger partial charge in [-0.3, -0.25) is 0 Å². The van der Waals surface area contributed by atoms with Crippen LogP contribution in [0, 0.1) is 0 Å². The fourth-order valence-electron chi connectivity index (χ4n) is 2.85. The Hall–Kier alpha value is -4.91. The molecule has 4 aromatic rings. The molecule has 0 fully saturated rings. The summed E-state index contributed by atoms with van der Waals surface area (Å²) in [6.07, 6.45) is 2.74. The Morgan fingerprint density at radius 1 is 0.842 bits per heavy atom. The number of methoxy groups -OCH3 is 1. The number of nitrogens with two attached hydrogens (primary N) is 3. The molecule has 198 valence electrons. The summed E-state index contributed by atoms with van der Waals surface area (Å²) in [5.41, 5.74) is 19.8. The number of nitrogens with zero attached hydrogens (tertiary/aromatic N) is 4. The van der Waals surface area contributed by atoms with Gasteiger partial charge in [-0.05, 0) is 73.7 Å². The molecule has 38 heavy (non-hydrogen) atoms. The zero-order valence-electron chi connectivity index (χ0n) is 20.8. The summed E-state index contributed by atoms with van der Waals surface area (Å²) in [5, 5.41) is 8.21. The van der Waals surface area contributed by atoms with Crippen molar-refractivity contribution < 1.29 is 17.9 Å². The van der Waals surface area contributed by atoms with E-state index in [0.29, 0.717) is 35.1 Å². The van der Waals surface area contributed by atoms with Crippen molar-refractivity contribution in [2.45, 2.75) is 11.8 Å². The van der Waals surface area contributed by atoms with Crippen molar-refractivity contribution in [1.82, 2.24) is 9.97 Å². The van der Waals surface area contributed by atoms with Crippen LogP contribution in [-0.2, 0) is 10.0 Å². The van der Waals surface area contributed by atoms with Crippen molar-refractivity contribution >= 4 is 44.4 Å². The van der Waals surface area contributed by atoms with Gasteiger partial charge >= 0.3 is 0 Å². The fraction of sp³-hybridized carbons (Fsp3) is 0.120. The highest BCUT2D eigenvalue weighted by Gasteiger charge is 2.15. The van der Waals surface area contributed by atoms with Crippen LogP contribution in [0.25, 0.3) is 0 Å². The van der Waals surface area contributed by atoms with Crippen molar-refractivity contribution in [2.75, 3.05) is 35.6 Å². The van der Waals surface area contributed by atoms with Crippen LogP contribution in [0.3, 0.4) is 0 Å². The van der Waals surface area contributed by atoms with Crippen molar-refractivity contribution in [3.8, 4) is 11.5 Å². The summed E-state index contributed by atoms with van der Waals surface area (Å²) in [6.45, 7) is 2.58. The van der Waals surface area contributed by atoms with E-state index in [1.54, 1.807) is 18.2 Å². The number of nitrogens with one attached hydrogen (secondary N) is 1. The van der Waals surface area contributed by atoms with E-state index in [9.17, 15) is 8.42 Å². The van der Waals surface area contributed by atoms with Gasteiger partial charge in [0.05, 0.1) is 42.4 Å². The molecule has 0 unspecified atom stereocenters. The summed E-state index contributed by atoms with van der Waals surface area (Å²) >= 11 is 0. The number of rotatable bonds is 8. The minimum Gasteiger partial charge on any atom is -0.494 e. The molecule has 0 aliphatic heterocycles. The third-order valence-electron chi connectivity index (χ3n) is 4.75. The van der Waals surface area contributed by atoms with E-state index >= 15 is 0 Å². The molecule has 7 N–H and O–H groups in total. The highest BCUT2D eigenvalue weighted by molar-refractivity contribution is 7.92. The Kier molecular flexibility index (Phi) is 9.37. The first-order valence-electron chi connectivity index (χ1n) is 11.2. The number of anilines is 4. The first-order chi connectivity index (χ1) is 18.2. The van der Waals surface area contributed by atoms with Crippen LogP contribution in [0.4, 0.5) is 34.4 Å². The summed E-state index contributed by atoms with van der Waals surface area (Å²) in [4.78, 5) is 7.74. The van der Waals surface area contributed by atoms with E-state index in [1.165, 1.54) is 43.8 Å². The first kappa shape index (κ1) is 27.7. The lowest BCUT2D eigenvalue weighted by atomic mass is 10.2. The zero-order valence-corrected chi connectivity index (χ0v) is 21.6. The van der Waals surface area contributed by atoms with E-state index in [1.807, 2.05) is 31.2 Å². The molecule has 0 aliphatic rings. The molecule has 1 aromatic heterocycles. The molecule has 0 aliphatic carbocycles. The van der Waals surface area contributed by atoms with Gasteiger partial charge in [0.15, 0.2) is 5.75 Å². The highest BCUT2D eigenvalue weighted by atomic mass is 32.2. The van der Waals surface area contributed by atoms with Crippen molar-refractivity contribution in [3.05, 3.63) is 79.1 Å². The molecule has 0 spiro atoms. The Morgan fingerprint density at radius 3 is 2.05 bits per heavy atom. The SMILES string of the molecule is CCOc1ccc(N=Nc2ccc(N)cc2N)cc1.COc1cnc(NS(=O)(=O)c2ccc(N)cc2)nc1. The van der Waals surface area contributed by atoms with Gasteiger partial charge in [-0.2, -0.15) is 5.11 Å². The summed E-state index contributed by atoms with van der Waals surface area (Å²) in [7, 11) is -2.25. The molecule has 4 rings (SSSR count). The molecule has 0 atom stereocenters. The molecule has 3 aromatic carbocycles. The van der Waals surface area contributed by atoms with E-state index in [4.69, 9.17) is 26.7 Å². The number of sulfonamides is 1. The maximum Gasteiger partial charge on any atom is 0.264 e. The fourth-order valence-corrected chi connectivity index (χ4v) is 3.81. The second kappa shape index (κ2) is 12.9. The van der Waals surface area contributed by atoms with Gasteiger partial charge in [0.25, 0.3) is 10.0 Å². The van der Waals surface area contributed by atoms with Crippen LogP contribution in [0.1, 0.15) is 6.92 Å². The number of hydrogen-bond donors (Lipinski definition) is 4. The van der Waals surface area contributed by atoms with Crippen LogP contribution in [-0.4, -0.2) is 32.1 Å². The van der Waals surface area contributed by atoms with E-state index in [0.717, 1.165) is 11.4 Å². The van der Waals surface area contributed by atoms with Crippen molar-refractivity contribution in [1.29, 1.82) is 0 Å². The van der Waals surface area contributed by atoms with Crippen LogP contribution < -0.4 is 31.4 Å². The number of hydrogen-bond acceptors (Lipinski definition) is 11. The second-order valence-corrected chi connectivity index (χ2v) is 9.25. The quantitative estimate of drug-likeness (QED) is 0.185. The monoisotopic (exact) mass is 536 g/mol. The molecule has 1 heterocycles. The lowest BCUT2D eigenvalue weighted by Gasteiger charge is -2.07. The van der Waals surface area contributed by atoms with Gasteiger partial charge in [-0.25, -0.2) is 23.1 Å². The normalized spacial score (nSPS) is 10.9. The third-order valence-corrected chi connectivity index (χ3v) is 6.10. The molecular formula is C25H28N8O4S. The predicted octanol–water partition coefficient (Wildman–Crippen LogP) is 4.53. The van der Waals surface area contributed by atoms with Crippen LogP contribution in [0.5, 0.6) is 11.5 Å². The second-order valence-electron chi connectivity index (χ2n) is 7.57. The van der Waals surface area contributed by atoms with E-state index in [2.05, 4.69) is 24.9 Å². The summed E-state index contributed by atoms with van der Waals surface area (Å²) in [5.74, 6) is 1.22. The van der Waals surface area contributed by atoms with Crippen LogP contribution in [0.15, 0.2) is 94.2 Å². The molecule has 0 amide bonds. The third kappa shape index (κ3) is 8.06. The Bertz CT molecular complexity index is 1460. The largest absolute Gasteiger partial charge is 0.494 e. The average molecular weight is 537 g/mol. The number of ether oxygens (including phenoxy) is 2. The van der Waals surface area contributed by atoms with Crippen molar-refractivity contribution in [2.24, 2.45) is 10.2 Å². The first-order valence-corrected chi connectivity index (χ1v) is 12.7. The van der Waals surface area contributed by atoms with E-state index < -0.39 is 10.0 Å². The lowest BCUT2D eigenvalue weighted by molar-refractivity contribution is 0.340. The van der Waals surface area contributed by atoms with Gasteiger partial charge in [-0.1, -0.05) is 0 Å². The molecule has 0 radical (unpaired) electrons.